The van der Waals surface area contributed by atoms with Gasteiger partial charge in [0.2, 0.25) is 0 Å². The summed E-state index contributed by atoms with van der Waals surface area (Å²) in [5.74, 6) is 0.134. The number of carbonyl (C=O) groups excluding carboxylic acids is 1. The Morgan fingerprint density at radius 1 is 1.00 bits per heavy atom. The fourth-order valence-electron chi connectivity index (χ4n) is 2.68. The average Bonchev–Trinajstić information content (AvgIpc) is 3.10. The lowest BCUT2D eigenvalue weighted by Gasteiger charge is -2.19. The number of hydrogen-bond acceptors (Lipinski definition) is 2. The Hall–Kier alpha value is -2.24. The minimum absolute atomic E-state index is 0. The number of rotatable bonds is 3. The third kappa shape index (κ3) is 4.87. The monoisotopic (exact) mass is 378 g/mol. The highest BCUT2D eigenvalue weighted by atomic mass is 35.5. The van der Waals surface area contributed by atoms with Crippen LogP contribution in [0.25, 0.3) is 0 Å². The lowest BCUT2D eigenvalue weighted by atomic mass is 10.2. The van der Waals surface area contributed by atoms with E-state index in [4.69, 9.17) is 17.0 Å². The fraction of sp³-hybridized carbons (Fsp3) is 0.222. The first-order valence-electron chi connectivity index (χ1n) is 7.90. The van der Waals surface area contributed by atoms with E-state index in [0.29, 0.717) is 22.2 Å². The smallest absolute Gasteiger partial charge is 0.257 e. The lowest BCUT2D eigenvalue weighted by molar-refractivity contribution is 0.102. The van der Waals surface area contributed by atoms with Crippen LogP contribution in [0.5, 0.6) is 0 Å². The van der Waals surface area contributed by atoms with Crippen molar-refractivity contribution in [1.29, 1.82) is 5.41 Å². The summed E-state index contributed by atoms with van der Waals surface area (Å²) in [6, 6.07) is 14.2. The molecule has 1 saturated heterocycles. The summed E-state index contributed by atoms with van der Waals surface area (Å²) in [6.45, 7) is 1.82. The van der Waals surface area contributed by atoms with Gasteiger partial charge in [0.05, 0.1) is 10.6 Å². The maximum absolute atomic E-state index is 12.3. The molecule has 25 heavy (non-hydrogen) atoms. The Labute approximate surface area is 158 Å². The molecule has 0 spiro atoms. The standard InChI is InChI=1S/C18H19ClN4O.ClH/c19-16-9-2-1-8-15(16)17(24)21-13-6-5-7-14(12-13)22-18(20)23-10-3-4-11-23;/h1-2,5-9,12H,3-4,10-11H2,(H2,20,22)(H,21,24);1H. The molecule has 3 N–H and O–H groups in total. The molecule has 0 radical (unpaired) electrons. The molecule has 1 fully saturated rings. The number of amides is 1. The van der Waals surface area contributed by atoms with E-state index >= 15 is 0 Å². The number of halogens is 2. The number of benzene rings is 2. The van der Waals surface area contributed by atoms with Gasteiger partial charge in [0.25, 0.3) is 5.91 Å². The molecule has 2 aromatic rings. The predicted octanol–water partition coefficient (Wildman–Crippen LogP) is 4.46. The number of anilines is 2. The third-order valence-electron chi connectivity index (χ3n) is 3.92. The first-order valence-corrected chi connectivity index (χ1v) is 8.28. The molecule has 3 rings (SSSR count). The number of nitrogens with one attached hydrogen (secondary N) is 3. The highest BCUT2D eigenvalue weighted by molar-refractivity contribution is 6.34. The highest BCUT2D eigenvalue weighted by Crippen LogP contribution is 2.20. The zero-order valence-corrected chi connectivity index (χ0v) is 15.2. The summed E-state index contributed by atoms with van der Waals surface area (Å²) in [4.78, 5) is 14.3. The molecule has 0 aliphatic carbocycles. The van der Waals surface area contributed by atoms with Gasteiger partial charge in [-0.2, -0.15) is 0 Å². The van der Waals surface area contributed by atoms with Crippen molar-refractivity contribution in [2.24, 2.45) is 0 Å². The summed E-state index contributed by atoms with van der Waals surface area (Å²) in [6.07, 6.45) is 2.25. The van der Waals surface area contributed by atoms with Gasteiger partial charge < -0.3 is 15.5 Å². The Morgan fingerprint density at radius 3 is 2.32 bits per heavy atom. The summed E-state index contributed by atoms with van der Waals surface area (Å²) in [5, 5.41) is 14.4. The second kappa shape index (κ2) is 8.74. The van der Waals surface area contributed by atoms with Crippen molar-refractivity contribution < 1.29 is 4.79 Å². The zero-order chi connectivity index (χ0) is 16.9. The Bertz CT molecular complexity index is 760. The largest absolute Gasteiger partial charge is 0.343 e. The van der Waals surface area contributed by atoms with E-state index in [-0.39, 0.29) is 18.3 Å². The first-order chi connectivity index (χ1) is 11.6. The summed E-state index contributed by atoms with van der Waals surface area (Å²) < 4.78 is 0. The minimum atomic E-state index is -0.257. The molecule has 0 aromatic heterocycles. The van der Waals surface area contributed by atoms with Gasteiger partial charge in [-0.25, -0.2) is 0 Å². The van der Waals surface area contributed by atoms with Crippen LogP contribution in [0.4, 0.5) is 11.4 Å². The fourth-order valence-corrected chi connectivity index (χ4v) is 2.90. The quantitative estimate of drug-likeness (QED) is 0.545. The molecule has 2 aromatic carbocycles. The predicted molar refractivity (Wildman–Crippen MR) is 105 cm³/mol. The van der Waals surface area contributed by atoms with E-state index in [9.17, 15) is 4.79 Å². The van der Waals surface area contributed by atoms with Gasteiger partial charge in [0, 0.05) is 24.5 Å². The second-order valence-electron chi connectivity index (χ2n) is 5.68. The van der Waals surface area contributed by atoms with E-state index < -0.39 is 0 Å². The van der Waals surface area contributed by atoms with Crippen LogP contribution in [0.3, 0.4) is 0 Å². The Balaban J connectivity index is 0.00000225. The molecule has 5 nitrogen and oxygen atoms in total. The molecule has 0 saturated carbocycles. The highest BCUT2D eigenvalue weighted by Gasteiger charge is 2.15. The number of carbonyl (C=O) groups is 1. The van der Waals surface area contributed by atoms with Crippen LogP contribution in [0.15, 0.2) is 48.5 Å². The number of likely N-dealkylation sites (tertiary alicyclic amines) is 1. The molecule has 0 bridgehead atoms. The molecule has 0 unspecified atom stereocenters. The van der Waals surface area contributed by atoms with Crippen LogP contribution in [0, 0.1) is 5.41 Å². The molecular formula is C18H20Cl2N4O. The van der Waals surface area contributed by atoms with Gasteiger partial charge in [-0.1, -0.05) is 29.8 Å². The molecule has 1 aliphatic heterocycles. The van der Waals surface area contributed by atoms with Gasteiger partial charge in [-0.3, -0.25) is 10.2 Å². The van der Waals surface area contributed by atoms with Crippen molar-refractivity contribution in [1.82, 2.24) is 4.90 Å². The van der Waals surface area contributed by atoms with Crippen LogP contribution in [-0.4, -0.2) is 29.9 Å². The molecule has 132 valence electrons. The van der Waals surface area contributed by atoms with Crippen LogP contribution < -0.4 is 10.6 Å². The van der Waals surface area contributed by atoms with Crippen LogP contribution in [0.1, 0.15) is 23.2 Å². The number of nitrogens with zero attached hydrogens (tertiary/aromatic N) is 1. The van der Waals surface area contributed by atoms with E-state index in [1.165, 1.54) is 0 Å². The second-order valence-corrected chi connectivity index (χ2v) is 6.09. The summed E-state index contributed by atoms with van der Waals surface area (Å²) in [5.41, 5.74) is 1.85. The van der Waals surface area contributed by atoms with Gasteiger partial charge in [0.1, 0.15) is 0 Å². The Kier molecular flexibility index (Phi) is 6.67. The van der Waals surface area contributed by atoms with Crippen molar-refractivity contribution in [2.45, 2.75) is 12.8 Å². The van der Waals surface area contributed by atoms with E-state index in [1.54, 1.807) is 36.4 Å². The molecule has 1 heterocycles. The molecule has 7 heteroatoms. The maximum Gasteiger partial charge on any atom is 0.257 e. The van der Waals surface area contributed by atoms with E-state index in [1.807, 2.05) is 17.0 Å². The lowest BCUT2D eigenvalue weighted by Crippen LogP contribution is -2.32. The van der Waals surface area contributed by atoms with Crippen molar-refractivity contribution in [3.8, 4) is 0 Å². The van der Waals surface area contributed by atoms with Crippen LogP contribution in [0.2, 0.25) is 5.02 Å². The number of hydrogen-bond donors (Lipinski definition) is 3. The van der Waals surface area contributed by atoms with Crippen LogP contribution in [-0.2, 0) is 0 Å². The van der Waals surface area contributed by atoms with Crippen molar-refractivity contribution in [3.05, 3.63) is 59.1 Å². The Morgan fingerprint density at radius 2 is 1.64 bits per heavy atom. The van der Waals surface area contributed by atoms with Gasteiger partial charge in [-0.15, -0.1) is 12.4 Å². The molecule has 1 aliphatic rings. The van der Waals surface area contributed by atoms with Crippen LogP contribution >= 0.6 is 24.0 Å². The van der Waals surface area contributed by atoms with E-state index in [2.05, 4.69) is 10.6 Å². The minimum Gasteiger partial charge on any atom is -0.343 e. The van der Waals surface area contributed by atoms with Gasteiger partial charge in [-0.05, 0) is 43.2 Å². The summed E-state index contributed by atoms with van der Waals surface area (Å²) in [7, 11) is 0. The average molecular weight is 379 g/mol. The topological polar surface area (TPSA) is 68.2 Å². The normalized spacial score (nSPS) is 13.1. The molecule has 0 atom stereocenters. The third-order valence-corrected chi connectivity index (χ3v) is 4.25. The molecule has 1 amide bonds. The SMILES string of the molecule is Cl.N=C(Nc1cccc(NC(=O)c2ccccc2Cl)c1)N1CCCC1. The van der Waals surface area contributed by atoms with Crippen molar-refractivity contribution in [2.75, 3.05) is 23.7 Å². The zero-order valence-electron chi connectivity index (χ0n) is 13.6. The number of guanidine groups is 1. The van der Waals surface area contributed by atoms with Gasteiger partial charge in [0.15, 0.2) is 5.96 Å². The van der Waals surface area contributed by atoms with Crippen molar-refractivity contribution in [3.63, 3.8) is 0 Å². The van der Waals surface area contributed by atoms with Crippen molar-refractivity contribution >= 4 is 47.2 Å². The maximum atomic E-state index is 12.3. The summed E-state index contributed by atoms with van der Waals surface area (Å²) >= 11 is 6.05. The van der Waals surface area contributed by atoms with Gasteiger partial charge >= 0.3 is 0 Å². The molecular weight excluding hydrogens is 359 g/mol. The first kappa shape index (κ1) is 19.1. The van der Waals surface area contributed by atoms with E-state index in [0.717, 1.165) is 31.6 Å².